The Morgan fingerprint density at radius 3 is 2.74 bits per heavy atom. The zero-order valence-electron chi connectivity index (χ0n) is 9.92. The van der Waals surface area contributed by atoms with Crippen LogP contribution in [-0.2, 0) is 0 Å². The van der Waals surface area contributed by atoms with Gasteiger partial charge in [-0.15, -0.1) is 0 Å². The average molecular weight is 302 g/mol. The van der Waals surface area contributed by atoms with E-state index in [1.54, 1.807) is 29.1 Å². The van der Waals surface area contributed by atoms with Crippen LogP contribution >= 0.6 is 23.2 Å². The molecule has 0 bridgehead atoms. The van der Waals surface area contributed by atoms with Crippen molar-refractivity contribution in [3.63, 3.8) is 0 Å². The van der Waals surface area contributed by atoms with Crippen molar-refractivity contribution in [1.29, 1.82) is 0 Å². The van der Waals surface area contributed by atoms with Crippen molar-refractivity contribution < 1.29 is 10.2 Å². The Morgan fingerprint density at radius 1 is 1.37 bits per heavy atom. The molecule has 102 valence electrons. The molecular formula is C12H13Cl2N3O2. The number of anilines is 1. The molecule has 5 nitrogen and oxygen atoms in total. The monoisotopic (exact) mass is 301 g/mol. The minimum Gasteiger partial charge on any atom is -0.394 e. The van der Waals surface area contributed by atoms with Gasteiger partial charge in [0.15, 0.2) is 0 Å². The first-order chi connectivity index (χ1) is 9.10. The van der Waals surface area contributed by atoms with Gasteiger partial charge in [-0.2, -0.15) is 5.10 Å². The number of nitrogens with one attached hydrogen (secondary N) is 1. The maximum atomic E-state index is 9.25. The van der Waals surface area contributed by atoms with Crippen molar-refractivity contribution in [1.82, 2.24) is 9.78 Å². The molecule has 7 heteroatoms. The summed E-state index contributed by atoms with van der Waals surface area (Å²) in [5.41, 5.74) is 1.46. The molecule has 0 aliphatic carbocycles. The smallest absolute Gasteiger partial charge is 0.0942 e. The van der Waals surface area contributed by atoms with Gasteiger partial charge in [-0.1, -0.05) is 23.2 Å². The summed E-state index contributed by atoms with van der Waals surface area (Å²) in [6.07, 6.45) is 2.39. The zero-order chi connectivity index (χ0) is 13.8. The molecule has 2 rings (SSSR count). The summed E-state index contributed by atoms with van der Waals surface area (Å²) in [6, 6.07) is 5.32. The van der Waals surface area contributed by atoms with Gasteiger partial charge in [-0.3, -0.25) is 0 Å². The number of nitrogens with zero attached hydrogens (tertiary/aromatic N) is 2. The van der Waals surface area contributed by atoms with E-state index < -0.39 is 6.10 Å². The molecule has 19 heavy (non-hydrogen) atoms. The quantitative estimate of drug-likeness (QED) is 0.789. The lowest BCUT2D eigenvalue weighted by atomic mass is 10.2. The lowest BCUT2D eigenvalue weighted by Crippen LogP contribution is -2.22. The number of aliphatic hydroxyl groups excluding tert-OH is 2. The van der Waals surface area contributed by atoms with Crippen LogP contribution < -0.4 is 5.32 Å². The Hall–Kier alpha value is -1.27. The molecule has 0 spiro atoms. The van der Waals surface area contributed by atoms with E-state index in [0.717, 1.165) is 5.69 Å². The third kappa shape index (κ3) is 3.61. The summed E-state index contributed by atoms with van der Waals surface area (Å²) < 4.78 is 1.58. The van der Waals surface area contributed by atoms with Gasteiger partial charge in [0.2, 0.25) is 0 Å². The van der Waals surface area contributed by atoms with Gasteiger partial charge in [0, 0.05) is 18.4 Å². The summed E-state index contributed by atoms with van der Waals surface area (Å²) in [5, 5.41) is 26.0. The van der Waals surface area contributed by atoms with E-state index >= 15 is 0 Å². The summed E-state index contributed by atoms with van der Waals surface area (Å²) in [4.78, 5) is 0. The summed E-state index contributed by atoms with van der Waals surface area (Å²) in [7, 11) is 0. The molecule has 0 saturated heterocycles. The van der Waals surface area contributed by atoms with Gasteiger partial charge in [0.25, 0.3) is 0 Å². The number of hydrogen-bond acceptors (Lipinski definition) is 4. The normalized spacial score (nSPS) is 12.4. The van der Waals surface area contributed by atoms with Gasteiger partial charge in [0.05, 0.1) is 34.6 Å². The molecule has 1 aromatic heterocycles. The summed E-state index contributed by atoms with van der Waals surface area (Å²) >= 11 is 12.0. The molecule has 0 aliphatic heterocycles. The first-order valence-electron chi connectivity index (χ1n) is 5.63. The number of halogens is 2. The predicted molar refractivity (Wildman–Crippen MR) is 75.2 cm³/mol. The number of aromatic nitrogens is 2. The molecule has 0 saturated carbocycles. The molecule has 2 aromatic rings. The maximum Gasteiger partial charge on any atom is 0.0942 e. The van der Waals surface area contributed by atoms with Crippen LogP contribution in [0.4, 0.5) is 5.69 Å². The molecular weight excluding hydrogens is 289 g/mol. The number of benzene rings is 1. The second-order valence-corrected chi connectivity index (χ2v) is 4.83. The van der Waals surface area contributed by atoms with Crippen molar-refractivity contribution in [2.24, 2.45) is 0 Å². The highest BCUT2D eigenvalue weighted by atomic mass is 35.5. The average Bonchev–Trinajstić information content (AvgIpc) is 2.82. The summed E-state index contributed by atoms with van der Waals surface area (Å²) in [5.74, 6) is 0. The molecule has 1 heterocycles. The minimum absolute atomic E-state index is 0.250. The van der Waals surface area contributed by atoms with E-state index in [9.17, 15) is 5.11 Å². The molecule has 0 fully saturated rings. The van der Waals surface area contributed by atoms with Crippen LogP contribution in [-0.4, -0.2) is 39.2 Å². The molecule has 0 aliphatic rings. The second-order valence-electron chi connectivity index (χ2n) is 3.99. The molecule has 1 aromatic carbocycles. The van der Waals surface area contributed by atoms with Crippen molar-refractivity contribution in [3.05, 3.63) is 40.6 Å². The molecule has 1 unspecified atom stereocenters. The fraction of sp³-hybridized carbons (Fsp3) is 0.250. The largest absolute Gasteiger partial charge is 0.394 e. The van der Waals surface area contributed by atoms with Gasteiger partial charge < -0.3 is 15.5 Å². The fourth-order valence-corrected chi connectivity index (χ4v) is 1.94. The Balaban J connectivity index is 2.13. The van der Waals surface area contributed by atoms with Gasteiger partial charge in [-0.25, -0.2) is 4.68 Å². The molecule has 1 atom stereocenters. The highest BCUT2D eigenvalue weighted by molar-refractivity contribution is 6.32. The van der Waals surface area contributed by atoms with Crippen LogP contribution in [0.15, 0.2) is 30.6 Å². The van der Waals surface area contributed by atoms with Crippen LogP contribution in [0.1, 0.15) is 0 Å². The first-order valence-corrected chi connectivity index (χ1v) is 6.38. The van der Waals surface area contributed by atoms with Crippen LogP contribution in [0.2, 0.25) is 10.0 Å². The van der Waals surface area contributed by atoms with Crippen molar-refractivity contribution in [2.45, 2.75) is 6.10 Å². The number of rotatable bonds is 5. The van der Waals surface area contributed by atoms with Crippen LogP contribution in [0, 0.1) is 0 Å². The van der Waals surface area contributed by atoms with Gasteiger partial charge in [-0.05, 0) is 18.2 Å². The lowest BCUT2D eigenvalue weighted by molar-refractivity contribution is 0.105. The van der Waals surface area contributed by atoms with Crippen molar-refractivity contribution >= 4 is 28.9 Å². The topological polar surface area (TPSA) is 70.3 Å². The SMILES string of the molecule is OCC(O)CNc1ccc(-n2cc(Cl)cn2)c(Cl)c1. The third-order valence-electron chi connectivity index (χ3n) is 2.50. The zero-order valence-corrected chi connectivity index (χ0v) is 11.4. The summed E-state index contributed by atoms with van der Waals surface area (Å²) in [6.45, 7) is -0.0373. The minimum atomic E-state index is -0.802. The Bertz CT molecular complexity index is 560. The fourth-order valence-electron chi connectivity index (χ4n) is 1.54. The van der Waals surface area contributed by atoms with E-state index in [0.29, 0.717) is 15.7 Å². The van der Waals surface area contributed by atoms with E-state index in [-0.39, 0.29) is 13.2 Å². The first kappa shape index (κ1) is 14.1. The van der Waals surface area contributed by atoms with Crippen LogP contribution in [0.5, 0.6) is 0 Å². The Morgan fingerprint density at radius 2 is 2.16 bits per heavy atom. The number of hydrogen-bond donors (Lipinski definition) is 3. The van der Waals surface area contributed by atoms with E-state index in [4.69, 9.17) is 28.3 Å². The van der Waals surface area contributed by atoms with Crippen molar-refractivity contribution in [3.8, 4) is 5.69 Å². The highest BCUT2D eigenvalue weighted by Crippen LogP contribution is 2.24. The van der Waals surface area contributed by atoms with Crippen molar-refractivity contribution in [2.75, 3.05) is 18.5 Å². The Kier molecular flexibility index (Phi) is 4.66. The standard InChI is InChI=1S/C12H13Cl2N3O2/c13-8-4-16-17(6-8)12-2-1-9(3-11(12)14)15-5-10(19)7-18/h1-4,6,10,15,18-19H,5,7H2. The molecule has 0 amide bonds. The molecule has 3 N–H and O–H groups in total. The highest BCUT2D eigenvalue weighted by Gasteiger charge is 2.07. The molecule has 0 radical (unpaired) electrons. The predicted octanol–water partition coefficient (Wildman–Crippen LogP) is 1.94. The Labute approximate surface area is 120 Å². The maximum absolute atomic E-state index is 9.25. The third-order valence-corrected chi connectivity index (χ3v) is 3.00. The van der Waals surface area contributed by atoms with Crippen LogP contribution in [0.25, 0.3) is 5.69 Å². The van der Waals surface area contributed by atoms with Gasteiger partial charge >= 0.3 is 0 Å². The second kappa shape index (κ2) is 6.25. The van der Waals surface area contributed by atoms with Gasteiger partial charge in [0.1, 0.15) is 0 Å². The van der Waals surface area contributed by atoms with E-state index in [2.05, 4.69) is 10.4 Å². The van der Waals surface area contributed by atoms with E-state index in [1.807, 2.05) is 0 Å². The van der Waals surface area contributed by atoms with E-state index in [1.165, 1.54) is 6.20 Å². The number of aliphatic hydroxyl groups is 2. The van der Waals surface area contributed by atoms with Crippen LogP contribution in [0.3, 0.4) is 0 Å². The lowest BCUT2D eigenvalue weighted by Gasteiger charge is -2.12.